The lowest BCUT2D eigenvalue weighted by molar-refractivity contribution is -0.139. The van der Waals surface area contributed by atoms with Crippen molar-refractivity contribution in [3.05, 3.63) is 69.2 Å². The number of rotatable bonds is 7. The maximum absolute atomic E-state index is 11.2. The second-order valence-electron chi connectivity index (χ2n) is 8.63. The fourth-order valence-corrected chi connectivity index (χ4v) is 5.08. The van der Waals surface area contributed by atoms with Crippen molar-refractivity contribution in [2.75, 3.05) is 13.7 Å². The topological polar surface area (TPSA) is 65.0 Å². The Morgan fingerprint density at radius 1 is 1.25 bits per heavy atom. The summed E-state index contributed by atoms with van der Waals surface area (Å²) in [6, 6.07) is 10.2. The Kier molecular flexibility index (Phi) is 7.67. The summed E-state index contributed by atoms with van der Waals surface area (Å²) in [5.74, 6) is 0.0645. The van der Waals surface area contributed by atoms with Crippen LogP contribution in [0.4, 0.5) is 0 Å². The lowest BCUT2D eigenvalue weighted by Crippen LogP contribution is -2.35. The number of carbonyl (C=O) groups is 1. The zero-order valence-corrected chi connectivity index (χ0v) is 20.9. The predicted molar refractivity (Wildman–Crippen MR) is 129 cm³/mol. The molecule has 4 atom stereocenters. The van der Waals surface area contributed by atoms with Crippen LogP contribution in [0.3, 0.4) is 0 Å². The molecule has 1 saturated heterocycles. The van der Waals surface area contributed by atoms with E-state index in [0.29, 0.717) is 11.5 Å². The van der Waals surface area contributed by atoms with Gasteiger partial charge in [-0.3, -0.25) is 0 Å². The van der Waals surface area contributed by atoms with Gasteiger partial charge in [-0.15, -0.1) is 0 Å². The Hall–Kier alpha value is -2.31. The normalized spacial score (nSPS) is 22.9. The van der Waals surface area contributed by atoms with Gasteiger partial charge in [0.05, 0.1) is 19.3 Å². The number of carboxylic acids is 1. The van der Waals surface area contributed by atoms with Crippen molar-refractivity contribution in [3.63, 3.8) is 0 Å². The maximum atomic E-state index is 11.2. The molecule has 3 rings (SSSR count). The average Bonchev–Trinajstić information content (AvgIpc) is 2.72. The summed E-state index contributed by atoms with van der Waals surface area (Å²) in [4.78, 5) is 11.2. The fraction of sp³-hybridized carbons (Fsp3) is 0.423. The van der Waals surface area contributed by atoms with E-state index in [9.17, 15) is 4.79 Å². The Balaban J connectivity index is 2.04. The molecule has 1 aliphatic heterocycles. The van der Waals surface area contributed by atoms with Crippen LogP contribution in [0.25, 0.3) is 0 Å². The fourth-order valence-electron chi connectivity index (χ4n) is 4.62. The highest BCUT2D eigenvalue weighted by Gasteiger charge is 2.40. The van der Waals surface area contributed by atoms with Gasteiger partial charge in [-0.25, -0.2) is 4.79 Å². The number of hydrogen-bond donors (Lipinski definition) is 1. The van der Waals surface area contributed by atoms with Crippen molar-refractivity contribution >= 4 is 21.9 Å². The molecule has 5 nitrogen and oxygen atoms in total. The Morgan fingerprint density at radius 3 is 2.56 bits per heavy atom. The summed E-state index contributed by atoms with van der Waals surface area (Å²) in [5.41, 5.74) is 5.57. The number of carboxylic acid groups (broad SMARTS) is 1. The molecule has 1 fully saturated rings. The van der Waals surface area contributed by atoms with Crippen molar-refractivity contribution < 1.29 is 24.1 Å². The molecule has 0 saturated carbocycles. The first-order valence-corrected chi connectivity index (χ1v) is 11.5. The molecular weight excluding hydrogens is 472 g/mol. The Morgan fingerprint density at radius 2 is 1.97 bits per heavy atom. The SMILES string of the molecule is C=C(C)[C@@H]1C[C@H](c2ccc(C)cc2C)[C@H](C)O[C@@H]1c1cc(Br)cc(OC)c1OCC(=O)O. The summed E-state index contributed by atoms with van der Waals surface area (Å²) < 4.78 is 18.6. The first-order chi connectivity index (χ1) is 15.1. The predicted octanol–water partition coefficient (Wildman–Crippen LogP) is 6.36. The molecule has 2 aromatic rings. The third-order valence-electron chi connectivity index (χ3n) is 6.17. The molecule has 0 spiro atoms. The molecular formula is C26H31BrO5. The van der Waals surface area contributed by atoms with Crippen LogP contribution in [0.15, 0.2) is 47.0 Å². The molecule has 1 aliphatic rings. The van der Waals surface area contributed by atoms with E-state index in [1.807, 2.05) is 13.0 Å². The summed E-state index contributed by atoms with van der Waals surface area (Å²) in [5, 5.41) is 9.16. The van der Waals surface area contributed by atoms with E-state index in [2.05, 4.69) is 61.5 Å². The van der Waals surface area contributed by atoms with Gasteiger partial charge in [0.25, 0.3) is 0 Å². The van der Waals surface area contributed by atoms with Crippen LogP contribution in [0.2, 0.25) is 0 Å². The van der Waals surface area contributed by atoms with Crippen LogP contribution < -0.4 is 9.47 Å². The number of aliphatic carboxylic acids is 1. The highest BCUT2D eigenvalue weighted by atomic mass is 79.9. The van der Waals surface area contributed by atoms with Gasteiger partial charge in [0, 0.05) is 21.9 Å². The van der Waals surface area contributed by atoms with Crippen LogP contribution in [-0.2, 0) is 9.53 Å². The van der Waals surface area contributed by atoms with E-state index in [-0.39, 0.29) is 24.0 Å². The van der Waals surface area contributed by atoms with E-state index in [1.165, 1.54) is 23.8 Å². The van der Waals surface area contributed by atoms with Gasteiger partial charge in [0.15, 0.2) is 18.1 Å². The number of halogens is 1. The summed E-state index contributed by atoms with van der Waals surface area (Å²) in [6.07, 6.45) is 0.493. The molecule has 172 valence electrons. The van der Waals surface area contributed by atoms with E-state index < -0.39 is 12.6 Å². The van der Waals surface area contributed by atoms with Gasteiger partial charge in [0.2, 0.25) is 0 Å². The zero-order valence-electron chi connectivity index (χ0n) is 19.3. The van der Waals surface area contributed by atoms with E-state index >= 15 is 0 Å². The van der Waals surface area contributed by atoms with Gasteiger partial charge in [0.1, 0.15) is 0 Å². The van der Waals surface area contributed by atoms with Crippen LogP contribution in [0.5, 0.6) is 11.5 Å². The van der Waals surface area contributed by atoms with Crippen molar-refractivity contribution in [2.24, 2.45) is 5.92 Å². The van der Waals surface area contributed by atoms with Crippen molar-refractivity contribution in [1.82, 2.24) is 0 Å². The van der Waals surface area contributed by atoms with Crippen molar-refractivity contribution in [2.45, 2.75) is 52.2 Å². The van der Waals surface area contributed by atoms with Gasteiger partial charge in [-0.1, -0.05) is 51.8 Å². The molecule has 1 heterocycles. The summed E-state index contributed by atoms with van der Waals surface area (Å²) in [7, 11) is 1.54. The third-order valence-corrected chi connectivity index (χ3v) is 6.63. The van der Waals surface area contributed by atoms with Gasteiger partial charge in [-0.2, -0.15) is 0 Å². The molecule has 6 heteroatoms. The second kappa shape index (κ2) is 10.1. The lowest BCUT2D eigenvalue weighted by atomic mass is 9.75. The van der Waals surface area contributed by atoms with Crippen molar-refractivity contribution in [3.8, 4) is 11.5 Å². The number of methoxy groups -OCH3 is 1. The minimum atomic E-state index is -1.05. The summed E-state index contributed by atoms with van der Waals surface area (Å²) >= 11 is 3.54. The highest BCUT2D eigenvalue weighted by molar-refractivity contribution is 9.10. The van der Waals surface area contributed by atoms with Crippen LogP contribution >= 0.6 is 15.9 Å². The number of ether oxygens (including phenoxy) is 3. The Labute approximate surface area is 198 Å². The third kappa shape index (κ3) is 5.18. The first-order valence-electron chi connectivity index (χ1n) is 10.7. The van der Waals surface area contributed by atoms with E-state index in [0.717, 1.165) is 22.0 Å². The van der Waals surface area contributed by atoms with Crippen LogP contribution in [0, 0.1) is 19.8 Å². The number of hydrogen-bond acceptors (Lipinski definition) is 4. The molecule has 0 aliphatic carbocycles. The van der Waals surface area contributed by atoms with Gasteiger partial charge < -0.3 is 19.3 Å². The maximum Gasteiger partial charge on any atom is 0.341 e. The van der Waals surface area contributed by atoms with Crippen LogP contribution in [-0.4, -0.2) is 30.9 Å². The lowest BCUT2D eigenvalue weighted by Gasteiger charge is -2.42. The molecule has 0 amide bonds. The molecule has 0 radical (unpaired) electrons. The first kappa shape index (κ1) is 24.3. The Bertz CT molecular complexity index is 1020. The minimum absolute atomic E-state index is 0.0306. The number of benzene rings is 2. The summed E-state index contributed by atoms with van der Waals surface area (Å²) in [6.45, 7) is 12.2. The molecule has 32 heavy (non-hydrogen) atoms. The number of aryl methyl sites for hydroxylation is 2. The smallest absolute Gasteiger partial charge is 0.341 e. The molecule has 0 aromatic heterocycles. The molecule has 0 unspecified atom stereocenters. The van der Waals surface area contributed by atoms with E-state index in [4.69, 9.17) is 19.3 Å². The second-order valence-corrected chi connectivity index (χ2v) is 9.54. The quantitative estimate of drug-likeness (QED) is 0.446. The largest absolute Gasteiger partial charge is 0.493 e. The highest BCUT2D eigenvalue weighted by Crippen LogP contribution is 2.50. The zero-order chi connectivity index (χ0) is 23.6. The molecule has 1 N–H and O–H groups in total. The van der Waals surface area contributed by atoms with Gasteiger partial charge in [-0.05, 0) is 57.4 Å². The standard InChI is InChI=1S/C26H31BrO5/c1-14(2)20-12-21(19-8-7-15(3)9-16(19)4)17(5)32-25(20)22-10-18(27)11-23(30-6)26(22)31-13-24(28)29/h7-11,17,20-21,25H,1,12-13H2,2-6H3,(H,28,29)/t17-,20-,21-,25-/m0/s1. The van der Waals surface area contributed by atoms with E-state index in [1.54, 1.807) is 6.07 Å². The van der Waals surface area contributed by atoms with Crippen molar-refractivity contribution in [1.29, 1.82) is 0 Å². The molecule has 2 aromatic carbocycles. The monoisotopic (exact) mass is 502 g/mol. The van der Waals surface area contributed by atoms with Crippen LogP contribution in [0.1, 0.15) is 54.5 Å². The molecule has 0 bridgehead atoms. The van der Waals surface area contributed by atoms with Gasteiger partial charge >= 0.3 is 5.97 Å². The minimum Gasteiger partial charge on any atom is -0.493 e. The average molecular weight is 503 g/mol.